The second-order valence-corrected chi connectivity index (χ2v) is 20.0. The standard InChI is InChI=1S/C48H87N2O11PS/c1-6-8-10-12-14-16-18-20-21-23-25-27-29-31-36-47(54)61-42(40-60-62(56,57)59-38-37-50(3,4)5)39-58-48(55)43(49)41-63-45(44(51)33-32-35-46(52)53)34-30-28-26-24-22-19-17-15-13-11-9-7-2/h15,17,22,24,26,28,30,34,42-45,51H,6-14,16,18-21,23,25,27,29,31-33,35-41,49H2,1-5H3,(H-,52,53,56,57)/b17-15-,24-22-,28-26+,34-30+/t42-,43+,44+,45-/m1/s1. The molecule has 0 aliphatic heterocycles. The van der Waals surface area contributed by atoms with E-state index in [2.05, 4.69) is 26.0 Å². The highest BCUT2D eigenvalue weighted by Crippen LogP contribution is 2.38. The molecular formula is C48H87N2O11PS. The Morgan fingerprint density at radius 1 is 0.746 bits per heavy atom. The van der Waals surface area contributed by atoms with Crippen LogP contribution in [0, 0.1) is 0 Å². The number of hydrogen-bond acceptors (Lipinski definition) is 12. The van der Waals surface area contributed by atoms with Crippen LogP contribution in [0.2, 0.25) is 0 Å². The number of aliphatic hydroxyl groups is 1. The zero-order chi connectivity index (χ0) is 47.0. The monoisotopic (exact) mass is 931 g/mol. The third-order valence-electron chi connectivity index (χ3n) is 10.1. The Morgan fingerprint density at radius 3 is 1.94 bits per heavy atom. The molecule has 4 N–H and O–H groups in total. The number of nitrogens with two attached hydrogens (primary N) is 1. The van der Waals surface area contributed by atoms with Gasteiger partial charge in [-0.1, -0.05) is 159 Å². The number of hydrogen-bond donors (Lipinski definition) is 3. The normalized spacial score (nSPS) is 15.3. The summed E-state index contributed by atoms with van der Waals surface area (Å²) in [5.41, 5.74) is 6.20. The zero-order valence-corrected chi connectivity index (χ0v) is 41.4. The number of carboxylic acid groups (broad SMARTS) is 1. The van der Waals surface area contributed by atoms with Crippen LogP contribution < -0.4 is 10.6 Å². The predicted molar refractivity (Wildman–Crippen MR) is 255 cm³/mol. The number of carboxylic acids is 1. The van der Waals surface area contributed by atoms with Crippen molar-refractivity contribution >= 4 is 37.5 Å². The highest BCUT2D eigenvalue weighted by Gasteiger charge is 2.25. The quantitative estimate of drug-likeness (QED) is 0.0131. The minimum absolute atomic E-state index is 0.0496. The summed E-state index contributed by atoms with van der Waals surface area (Å²) in [4.78, 5) is 49.4. The van der Waals surface area contributed by atoms with E-state index in [1.54, 1.807) is 12.2 Å². The van der Waals surface area contributed by atoms with E-state index in [1.807, 2.05) is 45.4 Å². The Labute approximate surface area is 385 Å². The van der Waals surface area contributed by atoms with E-state index in [0.29, 0.717) is 17.4 Å². The Bertz CT molecular complexity index is 1340. The number of phosphoric ester groups is 1. The summed E-state index contributed by atoms with van der Waals surface area (Å²) in [6.07, 6.45) is 36.0. The first-order chi connectivity index (χ1) is 30.1. The molecule has 366 valence electrons. The lowest BCUT2D eigenvalue weighted by Crippen LogP contribution is -2.39. The molecule has 0 aromatic rings. The number of phosphoric acid groups is 1. The molecule has 0 rings (SSSR count). The molecule has 0 aromatic carbocycles. The molecule has 0 aromatic heterocycles. The average Bonchev–Trinajstić information content (AvgIpc) is 3.22. The number of nitrogens with zero attached hydrogens (tertiary/aromatic N) is 1. The van der Waals surface area contributed by atoms with Gasteiger partial charge in [-0.15, -0.1) is 11.8 Å². The number of aliphatic carboxylic acids is 1. The first-order valence-electron chi connectivity index (χ1n) is 23.8. The maximum Gasteiger partial charge on any atom is 0.323 e. The van der Waals surface area contributed by atoms with Crippen molar-refractivity contribution in [3.8, 4) is 0 Å². The second-order valence-electron chi connectivity index (χ2n) is 17.3. The summed E-state index contributed by atoms with van der Waals surface area (Å²) in [5.74, 6) is -2.27. The number of unbranched alkanes of at least 4 members (excludes halogenated alkanes) is 16. The van der Waals surface area contributed by atoms with Gasteiger partial charge in [0.1, 0.15) is 25.8 Å². The van der Waals surface area contributed by atoms with Gasteiger partial charge in [-0.05, 0) is 38.5 Å². The number of likely N-dealkylation sites (N-methyl/N-ethyl adjacent to an activating group) is 1. The van der Waals surface area contributed by atoms with Crippen LogP contribution in [0.15, 0.2) is 48.6 Å². The molecule has 0 radical (unpaired) electrons. The summed E-state index contributed by atoms with van der Waals surface area (Å²) >= 11 is 1.22. The van der Waals surface area contributed by atoms with Crippen molar-refractivity contribution in [2.24, 2.45) is 5.73 Å². The summed E-state index contributed by atoms with van der Waals surface area (Å²) < 4.78 is 34.0. The number of esters is 2. The zero-order valence-electron chi connectivity index (χ0n) is 39.7. The molecule has 0 amide bonds. The maximum absolute atomic E-state index is 13.0. The smallest absolute Gasteiger partial charge is 0.323 e. The summed E-state index contributed by atoms with van der Waals surface area (Å²) in [7, 11) is 0.907. The molecule has 63 heavy (non-hydrogen) atoms. The third-order valence-corrected chi connectivity index (χ3v) is 12.5. The van der Waals surface area contributed by atoms with Crippen molar-refractivity contribution in [3.63, 3.8) is 0 Å². The summed E-state index contributed by atoms with van der Waals surface area (Å²) in [6.45, 7) is 3.62. The fourth-order valence-corrected chi connectivity index (χ4v) is 8.07. The van der Waals surface area contributed by atoms with Crippen LogP contribution >= 0.6 is 19.6 Å². The van der Waals surface area contributed by atoms with Crippen LogP contribution in [-0.2, 0) is 37.5 Å². The number of carbonyl (C=O) groups is 3. The molecule has 0 aliphatic carbocycles. The lowest BCUT2D eigenvalue weighted by molar-refractivity contribution is -0.870. The van der Waals surface area contributed by atoms with Crippen molar-refractivity contribution in [1.29, 1.82) is 0 Å². The average molecular weight is 931 g/mol. The lowest BCUT2D eigenvalue weighted by atomic mass is 10.0. The third kappa shape index (κ3) is 40.9. The van der Waals surface area contributed by atoms with Crippen LogP contribution in [-0.4, -0.2) is 109 Å². The molecule has 0 bridgehead atoms. The van der Waals surface area contributed by atoms with Gasteiger partial charge in [0.05, 0.1) is 33.9 Å². The molecule has 0 spiro atoms. The van der Waals surface area contributed by atoms with Crippen LogP contribution in [0.1, 0.15) is 162 Å². The maximum atomic E-state index is 13.0. The van der Waals surface area contributed by atoms with E-state index < -0.39 is 62.4 Å². The van der Waals surface area contributed by atoms with E-state index >= 15 is 0 Å². The van der Waals surface area contributed by atoms with Crippen molar-refractivity contribution in [2.75, 3.05) is 53.3 Å². The highest BCUT2D eigenvalue weighted by molar-refractivity contribution is 8.00. The number of ether oxygens (including phenoxy) is 2. The number of carbonyl (C=O) groups excluding carboxylic acids is 2. The molecule has 0 heterocycles. The Hall–Kier alpha value is -2.29. The van der Waals surface area contributed by atoms with Gasteiger partial charge in [0.15, 0.2) is 6.10 Å². The van der Waals surface area contributed by atoms with Crippen LogP contribution in [0.5, 0.6) is 0 Å². The van der Waals surface area contributed by atoms with Gasteiger partial charge in [-0.25, -0.2) is 0 Å². The van der Waals surface area contributed by atoms with Crippen LogP contribution in [0.4, 0.5) is 0 Å². The number of rotatable bonds is 43. The number of quaternary nitrogens is 1. The molecule has 0 saturated heterocycles. The Kier molecular flexibility index (Phi) is 38.6. The molecule has 13 nitrogen and oxygen atoms in total. The Balaban J connectivity index is 5.22. The summed E-state index contributed by atoms with van der Waals surface area (Å²) in [5, 5.41) is 19.5. The molecule has 0 fully saturated rings. The van der Waals surface area contributed by atoms with Gasteiger partial charge < -0.3 is 43.8 Å². The van der Waals surface area contributed by atoms with E-state index in [0.717, 1.165) is 32.1 Å². The van der Waals surface area contributed by atoms with Gasteiger partial charge in [-0.2, -0.15) is 0 Å². The van der Waals surface area contributed by atoms with Gasteiger partial charge in [-0.3, -0.25) is 18.9 Å². The first kappa shape index (κ1) is 60.7. The molecular weight excluding hydrogens is 844 g/mol. The molecule has 1 unspecified atom stereocenters. The summed E-state index contributed by atoms with van der Waals surface area (Å²) in [6, 6.07) is -1.14. The molecule has 0 saturated carbocycles. The van der Waals surface area contributed by atoms with E-state index in [1.165, 1.54) is 95.2 Å². The first-order valence-corrected chi connectivity index (χ1v) is 26.3. The largest absolute Gasteiger partial charge is 0.756 e. The predicted octanol–water partition coefficient (Wildman–Crippen LogP) is 9.76. The van der Waals surface area contributed by atoms with Crippen molar-refractivity contribution in [2.45, 2.75) is 185 Å². The van der Waals surface area contributed by atoms with Gasteiger partial charge >= 0.3 is 17.9 Å². The fourth-order valence-electron chi connectivity index (χ4n) is 6.21. The van der Waals surface area contributed by atoms with Crippen LogP contribution in [0.3, 0.4) is 0 Å². The number of thioether (sulfide) groups is 1. The lowest BCUT2D eigenvalue weighted by Gasteiger charge is -2.28. The van der Waals surface area contributed by atoms with E-state index in [4.69, 9.17) is 29.4 Å². The number of aliphatic hydroxyl groups excluding tert-OH is 1. The van der Waals surface area contributed by atoms with E-state index in [-0.39, 0.29) is 38.0 Å². The van der Waals surface area contributed by atoms with Gasteiger partial charge in [0.25, 0.3) is 7.82 Å². The number of allylic oxidation sites excluding steroid dienone is 7. The highest BCUT2D eigenvalue weighted by atomic mass is 32.2. The topological polar surface area (TPSA) is 195 Å². The second kappa shape index (κ2) is 40.0. The van der Waals surface area contributed by atoms with Crippen LogP contribution in [0.25, 0.3) is 0 Å². The minimum Gasteiger partial charge on any atom is -0.756 e. The van der Waals surface area contributed by atoms with Crippen molar-refractivity contribution in [3.05, 3.63) is 48.6 Å². The van der Waals surface area contributed by atoms with Gasteiger partial charge in [0, 0.05) is 23.8 Å². The molecule has 5 atom stereocenters. The molecule has 0 aliphatic rings. The van der Waals surface area contributed by atoms with Gasteiger partial charge in [0.2, 0.25) is 0 Å². The van der Waals surface area contributed by atoms with E-state index in [9.17, 15) is 28.9 Å². The van der Waals surface area contributed by atoms with Crippen molar-refractivity contribution in [1.82, 2.24) is 0 Å². The fraction of sp³-hybridized carbons (Fsp3) is 0.771. The SMILES string of the molecule is CCCCC/C=C\C\C=C/C=C/C=C/[C@@H](SC[C@H](N)C(=O)OC[C@H](COP(=O)([O-])OCC[N+](C)(C)C)OC(=O)CCCCCCCCCCCCCCCC)[C@@H](O)CCCC(=O)O. The van der Waals surface area contributed by atoms with Crippen molar-refractivity contribution < 1.29 is 57.1 Å². The molecule has 15 heteroatoms. The minimum atomic E-state index is -4.76. The Morgan fingerprint density at radius 2 is 1.33 bits per heavy atom.